The summed E-state index contributed by atoms with van der Waals surface area (Å²) >= 11 is 0. The fourth-order valence-corrected chi connectivity index (χ4v) is 3.54. The van der Waals surface area contributed by atoms with Crippen LogP contribution >= 0.6 is 0 Å². The number of hydrogen-bond donors (Lipinski definition) is 3. The Bertz CT molecular complexity index is 369. The fraction of sp³-hybridized carbons (Fsp3) is 0.867. The Morgan fingerprint density at radius 3 is 2.10 bits per heavy atom. The molecule has 0 unspecified atom stereocenters. The van der Waals surface area contributed by atoms with Crippen molar-refractivity contribution in [3.05, 3.63) is 0 Å². The molecule has 2 amide bonds. The molecule has 2 aliphatic carbocycles. The van der Waals surface area contributed by atoms with Crippen molar-refractivity contribution in [2.45, 2.75) is 70.3 Å². The van der Waals surface area contributed by atoms with Crippen LogP contribution in [0.25, 0.3) is 0 Å². The van der Waals surface area contributed by atoms with Gasteiger partial charge in [0.25, 0.3) is 0 Å². The van der Waals surface area contributed by atoms with Gasteiger partial charge in [0.15, 0.2) is 0 Å². The Balaban J connectivity index is 1.83. The molecule has 3 N–H and O–H groups in total. The second kappa shape index (κ2) is 6.02. The van der Waals surface area contributed by atoms with Crippen molar-refractivity contribution in [2.75, 3.05) is 6.54 Å². The van der Waals surface area contributed by atoms with Gasteiger partial charge in [0, 0.05) is 12.1 Å². The quantitative estimate of drug-likeness (QED) is 0.741. The third kappa shape index (κ3) is 3.44. The van der Waals surface area contributed by atoms with E-state index in [-0.39, 0.29) is 18.1 Å². The minimum absolute atomic E-state index is 0.131. The summed E-state index contributed by atoms with van der Waals surface area (Å²) in [5.41, 5.74) is -0.876. The van der Waals surface area contributed by atoms with E-state index in [4.69, 9.17) is 0 Å². The van der Waals surface area contributed by atoms with Crippen molar-refractivity contribution in [1.82, 2.24) is 10.6 Å². The molecule has 0 radical (unpaired) electrons. The van der Waals surface area contributed by atoms with E-state index in [1.54, 1.807) is 0 Å². The number of rotatable bonds is 4. The van der Waals surface area contributed by atoms with Crippen LogP contribution in [0.3, 0.4) is 0 Å². The number of carbonyl (C=O) groups is 2. The number of carboxylic acids is 1. The standard InChI is InChI=1S/C15H26N2O3/c1-14(7-3-2-4-8-14)17-13(20)16-11-15(12(18)19)9-5-6-10-15/h2-11H2,1H3,(H,18,19)(H2,16,17,20). The summed E-state index contributed by atoms with van der Waals surface area (Å²) in [6.07, 6.45) is 8.75. The SMILES string of the molecule is CC1(NC(=O)NCC2(C(=O)O)CCCC2)CCCCC1. The molecule has 0 atom stereocenters. The van der Waals surface area contributed by atoms with Gasteiger partial charge in [-0.2, -0.15) is 0 Å². The van der Waals surface area contributed by atoms with Crippen molar-refractivity contribution in [1.29, 1.82) is 0 Å². The van der Waals surface area contributed by atoms with Gasteiger partial charge in [-0.15, -0.1) is 0 Å². The zero-order chi connectivity index (χ0) is 14.6. The lowest BCUT2D eigenvalue weighted by molar-refractivity contribution is -0.148. The lowest BCUT2D eigenvalue weighted by Gasteiger charge is -2.35. The minimum Gasteiger partial charge on any atom is -0.481 e. The van der Waals surface area contributed by atoms with E-state index in [9.17, 15) is 14.7 Å². The number of carbonyl (C=O) groups excluding carboxylic acids is 1. The molecule has 114 valence electrons. The van der Waals surface area contributed by atoms with Gasteiger partial charge in [-0.1, -0.05) is 32.1 Å². The molecule has 0 aliphatic heterocycles. The topological polar surface area (TPSA) is 78.4 Å². The van der Waals surface area contributed by atoms with Crippen molar-refractivity contribution in [3.8, 4) is 0 Å². The smallest absolute Gasteiger partial charge is 0.315 e. The third-order valence-electron chi connectivity index (χ3n) is 4.97. The lowest BCUT2D eigenvalue weighted by atomic mass is 9.83. The zero-order valence-corrected chi connectivity index (χ0v) is 12.3. The number of hydrogen-bond acceptors (Lipinski definition) is 2. The highest BCUT2D eigenvalue weighted by atomic mass is 16.4. The van der Waals surface area contributed by atoms with Gasteiger partial charge in [-0.05, 0) is 32.6 Å². The van der Waals surface area contributed by atoms with E-state index in [2.05, 4.69) is 17.6 Å². The zero-order valence-electron chi connectivity index (χ0n) is 12.3. The van der Waals surface area contributed by atoms with Crippen molar-refractivity contribution < 1.29 is 14.7 Å². The maximum absolute atomic E-state index is 12.0. The van der Waals surface area contributed by atoms with Crippen LogP contribution in [0.5, 0.6) is 0 Å². The summed E-state index contributed by atoms with van der Waals surface area (Å²) in [4.78, 5) is 23.4. The molecule has 2 aliphatic rings. The van der Waals surface area contributed by atoms with Crippen molar-refractivity contribution in [3.63, 3.8) is 0 Å². The molecule has 20 heavy (non-hydrogen) atoms. The highest BCUT2D eigenvalue weighted by molar-refractivity contribution is 5.78. The molecule has 2 saturated carbocycles. The molecule has 0 spiro atoms. The Hall–Kier alpha value is -1.26. The predicted molar refractivity (Wildman–Crippen MR) is 76.6 cm³/mol. The van der Waals surface area contributed by atoms with Gasteiger partial charge in [0.2, 0.25) is 0 Å². The van der Waals surface area contributed by atoms with Crippen molar-refractivity contribution in [2.24, 2.45) is 5.41 Å². The summed E-state index contributed by atoms with van der Waals surface area (Å²) in [5.74, 6) is -0.779. The molecule has 0 aromatic carbocycles. The number of amides is 2. The summed E-state index contributed by atoms with van der Waals surface area (Å²) < 4.78 is 0. The Kier molecular flexibility index (Phi) is 4.55. The molecule has 2 fully saturated rings. The minimum atomic E-state index is -0.779. The number of aliphatic carboxylic acids is 1. The van der Waals surface area contributed by atoms with Crippen LogP contribution in [0.15, 0.2) is 0 Å². The highest BCUT2D eigenvalue weighted by Gasteiger charge is 2.41. The predicted octanol–water partition coefficient (Wildman–Crippen LogP) is 2.65. The number of carboxylic acid groups (broad SMARTS) is 1. The molecule has 5 heteroatoms. The summed E-state index contributed by atoms with van der Waals surface area (Å²) in [7, 11) is 0. The first-order valence-corrected chi connectivity index (χ1v) is 7.75. The Morgan fingerprint density at radius 2 is 1.55 bits per heavy atom. The molecular formula is C15H26N2O3. The largest absolute Gasteiger partial charge is 0.481 e. The van der Waals surface area contributed by atoms with Crippen LogP contribution in [-0.2, 0) is 4.79 Å². The molecule has 0 aromatic rings. The number of nitrogens with one attached hydrogen (secondary N) is 2. The second-order valence-electron chi connectivity index (χ2n) is 6.72. The second-order valence-corrected chi connectivity index (χ2v) is 6.72. The first kappa shape index (κ1) is 15.1. The summed E-state index contributed by atoms with van der Waals surface area (Å²) in [6.45, 7) is 2.32. The summed E-state index contributed by atoms with van der Waals surface area (Å²) in [5, 5.41) is 15.2. The van der Waals surface area contributed by atoms with Gasteiger partial charge in [0.05, 0.1) is 5.41 Å². The Labute approximate surface area is 120 Å². The van der Waals surface area contributed by atoms with Crippen LogP contribution in [0.1, 0.15) is 64.7 Å². The van der Waals surface area contributed by atoms with Crippen LogP contribution in [0, 0.1) is 5.41 Å². The van der Waals surface area contributed by atoms with Gasteiger partial charge in [-0.3, -0.25) is 4.79 Å². The van der Waals surface area contributed by atoms with Crippen LogP contribution in [0.2, 0.25) is 0 Å². The maximum Gasteiger partial charge on any atom is 0.315 e. The lowest BCUT2D eigenvalue weighted by Crippen LogP contribution is -2.53. The average Bonchev–Trinajstić information content (AvgIpc) is 2.87. The molecular weight excluding hydrogens is 256 g/mol. The van der Waals surface area contributed by atoms with Crippen LogP contribution < -0.4 is 10.6 Å². The molecule has 0 bridgehead atoms. The molecule has 0 saturated heterocycles. The number of urea groups is 1. The fourth-order valence-electron chi connectivity index (χ4n) is 3.54. The Morgan fingerprint density at radius 1 is 1.00 bits per heavy atom. The first-order chi connectivity index (χ1) is 9.46. The van der Waals surface area contributed by atoms with E-state index in [1.807, 2.05) is 0 Å². The third-order valence-corrected chi connectivity index (χ3v) is 4.97. The molecule has 5 nitrogen and oxygen atoms in total. The highest BCUT2D eigenvalue weighted by Crippen LogP contribution is 2.37. The van der Waals surface area contributed by atoms with Gasteiger partial charge >= 0.3 is 12.0 Å². The maximum atomic E-state index is 12.0. The van der Waals surface area contributed by atoms with Crippen LogP contribution in [-0.4, -0.2) is 29.2 Å². The monoisotopic (exact) mass is 282 g/mol. The summed E-state index contributed by atoms with van der Waals surface area (Å²) in [6, 6.07) is -0.220. The molecule has 0 heterocycles. The van der Waals surface area contributed by atoms with Gasteiger partial charge in [0.1, 0.15) is 0 Å². The van der Waals surface area contributed by atoms with Crippen LogP contribution in [0.4, 0.5) is 4.79 Å². The van der Waals surface area contributed by atoms with E-state index in [1.165, 1.54) is 6.42 Å². The van der Waals surface area contributed by atoms with Crippen molar-refractivity contribution >= 4 is 12.0 Å². The van der Waals surface area contributed by atoms with Gasteiger partial charge < -0.3 is 15.7 Å². The molecule has 2 rings (SSSR count). The average molecular weight is 282 g/mol. The van der Waals surface area contributed by atoms with E-state index < -0.39 is 11.4 Å². The van der Waals surface area contributed by atoms with E-state index in [0.29, 0.717) is 12.8 Å². The van der Waals surface area contributed by atoms with E-state index >= 15 is 0 Å². The van der Waals surface area contributed by atoms with Gasteiger partial charge in [-0.25, -0.2) is 4.79 Å². The van der Waals surface area contributed by atoms with E-state index in [0.717, 1.165) is 38.5 Å². The first-order valence-electron chi connectivity index (χ1n) is 7.75. The molecule has 0 aromatic heterocycles. The normalized spacial score (nSPS) is 24.1.